The first-order chi connectivity index (χ1) is 9.16. The lowest BCUT2D eigenvalue weighted by Crippen LogP contribution is -2.14. The third-order valence-corrected chi connectivity index (χ3v) is 3.10. The van der Waals surface area contributed by atoms with E-state index in [1.54, 1.807) is 4.52 Å². The molecule has 0 saturated carbocycles. The van der Waals surface area contributed by atoms with Crippen molar-refractivity contribution in [2.45, 2.75) is 26.8 Å². The Morgan fingerprint density at radius 2 is 2.11 bits per heavy atom. The summed E-state index contributed by atoms with van der Waals surface area (Å²) in [5.41, 5.74) is 1.96. The first kappa shape index (κ1) is 11.6. The van der Waals surface area contributed by atoms with Gasteiger partial charge in [-0.05, 0) is 20.8 Å². The number of aromatic nitrogens is 7. The van der Waals surface area contributed by atoms with Crippen LogP contribution >= 0.6 is 0 Å². The zero-order valence-electron chi connectivity index (χ0n) is 10.9. The van der Waals surface area contributed by atoms with Crippen LogP contribution in [0, 0.1) is 13.8 Å². The molecule has 3 rings (SSSR count). The zero-order chi connectivity index (χ0) is 13.4. The fraction of sp³-hybridized carbons (Fsp3) is 0.364. The van der Waals surface area contributed by atoms with E-state index in [2.05, 4.69) is 35.6 Å². The second-order valence-electron chi connectivity index (χ2n) is 4.38. The van der Waals surface area contributed by atoms with Gasteiger partial charge < -0.3 is 5.32 Å². The van der Waals surface area contributed by atoms with Crippen molar-refractivity contribution in [2.75, 3.05) is 5.32 Å². The van der Waals surface area contributed by atoms with Crippen LogP contribution < -0.4 is 5.32 Å². The second-order valence-corrected chi connectivity index (χ2v) is 4.38. The number of rotatable bonds is 3. The highest BCUT2D eigenvalue weighted by Crippen LogP contribution is 2.21. The van der Waals surface area contributed by atoms with Crippen molar-refractivity contribution in [3.63, 3.8) is 0 Å². The molecule has 1 unspecified atom stereocenters. The molecule has 19 heavy (non-hydrogen) atoms. The van der Waals surface area contributed by atoms with E-state index in [1.165, 1.54) is 12.7 Å². The van der Waals surface area contributed by atoms with Gasteiger partial charge in [0.05, 0.1) is 6.04 Å². The van der Waals surface area contributed by atoms with Crippen molar-refractivity contribution in [1.82, 2.24) is 34.8 Å². The van der Waals surface area contributed by atoms with E-state index in [9.17, 15) is 0 Å². The molecule has 8 heteroatoms. The Morgan fingerprint density at radius 3 is 2.84 bits per heavy atom. The van der Waals surface area contributed by atoms with E-state index in [-0.39, 0.29) is 6.04 Å². The van der Waals surface area contributed by atoms with Gasteiger partial charge in [-0.1, -0.05) is 0 Å². The molecule has 0 bridgehead atoms. The number of hydrogen-bond donors (Lipinski definition) is 2. The van der Waals surface area contributed by atoms with E-state index < -0.39 is 0 Å². The minimum Gasteiger partial charge on any atom is -0.360 e. The molecule has 0 amide bonds. The van der Waals surface area contributed by atoms with Gasteiger partial charge >= 0.3 is 0 Å². The predicted molar refractivity (Wildman–Crippen MR) is 68.7 cm³/mol. The molecule has 3 aromatic heterocycles. The molecule has 3 heterocycles. The quantitative estimate of drug-likeness (QED) is 0.728. The lowest BCUT2D eigenvalue weighted by Gasteiger charge is -2.16. The van der Waals surface area contributed by atoms with Crippen molar-refractivity contribution in [3.05, 3.63) is 29.7 Å². The summed E-state index contributed by atoms with van der Waals surface area (Å²) in [5, 5.41) is 14.3. The maximum Gasteiger partial charge on any atom is 0.254 e. The van der Waals surface area contributed by atoms with Crippen LogP contribution in [0.5, 0.6) is 0 Å². The summed E-state index contributed by atoms with van der Waals surface area (Å²) in [4.78, 5) is 12.6. The highest BCUT2D eigenvalue weighted by Gasteiger charge is 2.15. The van der Waals surface area contributed by atoms with Gasteiger partial charge in [-0.2, -0.15) is 19.7 Å². The molecule has 98 valence electrons. The minimum absolute atomic E-state index is 0.0181. The fourth-order valence-corrected chi connectivity index (χ4v) is 1.90. The highest BCUT2D eigenvalue weighted by atomic mass is 15.4. The molecular formula is C11H14N8. The number of nitrogens with zero attached hydrogens (tertiary/aromatic N) is 6. The Hall–Kier alpha value is -2.51. The third-order valence-electron chi connectivity index (χ3n) is 3.10. The van der Waals surface area contributed by atoms with Crippen LogP contribution in [-0.2, 0) is 0 Å². The minimum atomic E-state index is -0.0181. The first-order valence-electron chi connectivity index (χ1n) is 5.95. The van der Waals surface area contributed by atoms with Crippen molar-refractivity contribution < 1.29 is 0 Å². The number of H-pyrrole nitrogens is 1. The Balaban J connectivity index is 2.04. The van der Waals surface area contributed by atoms with Crippen LogP contribution in [0.2, 0.25) is 0 Å². The maximum absolute atomic E-state index is 4.38. The van der Waals surface area contributed by atoms with Crippen molar-refractivity contribution in [2.24, 2.45) is 0 Å². The molecule has 0 aliphatic heterocycles. The monoisotopic (exact) mass is 258 g/mol. The Morgan fingerprint density at radius 1 is 1.26 bits per heavy atom. The van der Waals surface area contributed by atoms with Crippen molar-refractivity contribution >= 4 is 11.6 Å². The van der Waals surface area contributed by atoms with Gasteiger partial charge in [-0.15, -0.1) is 0 Å². The smallest absolute Gasteiger partial charge is 0.254 e. The van der Waals surface area contributed by atoms with Crippen LogP contribution in [-0.4, -0.2) is 34.8 Å². The normalized spacial score (nSPS) is 12.8. The molecule has 0 radical (unpaired) electrons. The SMILES string of the molecule is Cc1nc2ncnn2c(NC(C)c2ncn[nH]2)c1C. The third kappa shape index (κ3) is 1.90. The van der Waals surface area contributed by atoms with Crippen LogP contribution in [0.4, 0.5) is 5.82 Å². The molecule has 0 aliphatic carbocycles. The number of aryl methyl sites for hydroxylation is 1. The summed E-state index contributed by atoms with van der Waals surface area (Å²) in [7, 11) is 0. The predicted octanol–water partition coefficient (Wildman–Crippen LogP) is 1.03. The van der Waals surface area contributed by atoms with Crippen molar-refractivity contribution in [3.8, 4) is 0 Å². The highest BCUT2D eigenvalue weighted by molar-refractivity contribution is 5.52. The second kappa shape index (κ2) is 4.30. The molecule has 0 saturated heterocycles. The van der Waals surface area contributed by atoms with Gasteiger partial charge in [0.25, 0.3) is 5.78 Å². The summed E-state index contributed by atoms with van der Waals surface area (Å²) < 4.78 is 1.69. The number of anilines is 1. The van der Waals surface area contributed by atoms with Crippen molar-refractivity contribution in [1.29, 1.82) is 0 Å². The van der Waals surface area contributed by atoms with Gasteiger partial charge in [0.1, 0.15) is 24.3 Å². The number of hydrogen-bond acceptors (Lipinski definition) is 6. The van der Waals surface area contributed by atoms with Crippen LogP contribution in [0.1, 0.15) is 30.0 Å². The molecule has 0 spiro atoms. The molecule has 8 nitrogen and oxygen atoms in total. The van der Waals surface area contributed by atoms with E-state index in [0.717, 1.165) is 22.9 Å². The first-order valence-corrected chi connectivity index (χ1v) is 5.95. The van der Waals surface area contributed by atoms with Gasteiger partial charge in [-0.25, -0.2) is 9.97 Å². The van der Waals surface area contributed by atoms with Gasteiger partial charge in [0.15, 0.2) is 0 Å². The van der Waals surface area contributed by atoms with E-state index in [0.29, 0.717) is 5.78 Å². The molecular weight excluding hydrogens is 244 g/mol. The fourth-order valence-electron chi connectivity index (χ4n) is 1.90. The molecule has 3 aromatic rings. The summed E-state index contributed by atoms with van der Waals surface area (Å²) in [5.74, 6) is 2.21. The standard InChI is InChI=1S/C11H14N8/c1-6-7(2)17-11-13-5-15-19(11)10(6)16-8(3)9-12-4-14-18-9/h4-5,8,16H,1-3H3,(H,12,14,18). The van der Waals surface area contributed by atoms with E-state index in [1.807, 2.05) is 20.8 Å². The average Bonchev–Trinajstić information content (AvgIpc) is 3.04. The molecule has 2 N–H and O–H groups in total. The zero-order valence-corrected chi connectivity index (χ0v) is 10.9. The molecule has 1 atom stereocenters. The Bertz CT molecular complexity index is 699. The molecule has 0 aromatic carbocycles. The summed E-state index contributed by atoms with van der Waals surface area (Å²) >= 11 is 0. The van der Waals surface area contributed by atoms with Gasteiger partial charge in [-0.3, -0.25) is 5.10 Å². The number of fused-ring (bicyclic) bond motifs is 1. The summed E-state index contributed by atoms with van der Waals surface area (Å²) in [6.07, 6.45) is 2.98. The van der Waals surface area contributed by atoms with Crippen LogP contribution in [0.3, 0.4) is 0 Å². The maximum atomic E-state index is 4.38. The Kier molecular flexibility index (Phi) is 2.62. The lowest BCUT2D eigenvalue weighted by atomic mass is 10.2. The lowest BCUT2D eigenvalue weighted by molar-refractivity contribution is 0.772. The number of nitrogens with one attached hydrogen (secondary N) is 2. The van der Waals surface area contributed by atoms with Crippen LogP contribution in [0.25, 0.3) is 5.78 Å². The summed E-state index contributed by atoms with van der Waals surface area (Å²) in [6.45, 7) is 5.95. The topological polar surface area (TPSA) is 96.7 Å². The molecule has 0 fully saturated rings. The van der Waals surface area contributed by atoms with E-state index in [4.69, 9.17) is 0 Å². The summed E-state index contributed by atoms with van der Waals surface area (Å²) in [6, 6.07) is -0.0181. The molecule has 0 aliphatic rings. The Labute approximate surface area is 109 Å². The van der Waals surface area contributed by atoms with Gasteiger partial charge in [0, 0.05) is 11.3 Å². The van der Waals surface area contributed by atoms with Gasteiger partial charge in [0.2, 0.25) is 0 Å². The number of aromatic amines is 1. The van der Waals surface area contributed by atoms with E-state index >= 15 is 0 Å². The average molecular weight is 258 g/mol. The van der Waals surface area contributed by atoms with Crippen LogP contribution in [0.15, 0.2) is 12.7 Å². The largest absolute Gasteiger partial charge is 0.360 e.